The number of ether oxygens (including phenoxy) is 1. The Morgan fingerprint density at radius 3 is 3.29 bits per heavy atom. The minimum atomic E-state index is 0.266. The number of nitrogens with one attached hydrogen (secondary N) is 1. The first-order valence-electron chi connectivity index (χ1n) is 5.83. The number of hydrogen-bond donors (Lipinski definition) is 1. The van der Waals surface area contributed by atoms with Crippen molar-refractivity contribution in [2.75, 3.05) is 5.32 Å². The summed E-state index contributed by atoms with van der Waals surface area (Å²) >= 11 is 0. The number of benzene rings is 1. The third kappa shape index (κ3) is 1.21. The van der Waals surface area contributed by atoms with Gasteiger partial charge in [0.1, 0.15) is 17.5 Å². The molecule has 0 aliphatic carbocycles. The van der Waals surface area contributed by atoms with Gasteiger partial charge in [0.05, 0.1) is 6.20 Å². The Labute approximate surface area is 98.6 Å². The maximum Gasteiger partial charge on any atom is 0.164 e. The molecule has 0 radical (unpaired) electrons. The average Bonchev–Trinajstić information content (AvgIpc) is 2.90. The van der Waals surface area contributed by atoms with E-state index in [1.54, 1.807) is 6.20 Å². The summed E-state index contributed by atoms with van der Waals surface area (Å²) in [6.45, 7) is 2.10. The molecule has 2 aliphatic heterocycles. The van der Waals surface area contributed by atoms with Crippen molar-refractivity contribution >= 4 is 11.4 Å². The largest absolute Gasteiger partial charge is 0.490 e. The number of aromatic nitrogens is 1. The van der Waals surface area contributed by atoms with Crippen molar-refractivity contribution in [3.63, 3.8) is 0 Å². The van der Waals surface area contributed by atoms with E-state index in [4.69, 9.17) is 9.26 Å². The van der Waals surface area contributed by atoms with Crippen molar-refractivity contribution in [1.29, 1.82) is 0 Å². The summed E-state index contributed by atoms with van der Waals surface area (Å²) in [7, 11) is 0. The molecule has 4 rings (SSSR count). The van der Waals surface area contributed by atoms with Crippen LogP contribution in [0.15, 0.2) is 22.9 Å². The van der Waals surface area contributed by atoms with Gasteiger partial charge in [-0.25, -0.2) is 0 Å². The summed E-state index contributed by atoms with van der Waals surface area (Å²) in [5, 5.41) is 7.23. The van der Waals surface area contributed by atoms with E-state index in [2.05, 4.69) is 29.5 Å². The third-order valence-corrected chi connectivity index (χ3v) is 3.43. The molecule has 1 aromatic heterocycles. The SMILES string of the molecule is CC1Cc2c(ccc3c2Nc2cnoc2C3)O1. The van der Waals surface area contributed by atoms with Gasteiger partial charge in [0.15, 0.2) is 5.76 Å². The van der Waals surface area contributed by atoms with E-state index < -0.39 is 0 Å². The van der Waals surface area contributed by atoms with Crippen LogP contribution < -0.4 is 10.1 Å². The van der Waals surface area contributed by atoms with Gasteiger partial charge in [0.25, 0.3) is 0 Å². The maximum atomic E-state index is 5.76. The summed E-state index contributed by atoms with van der Waals surface area (Å²) in [5.74, 6) is 1.91. The van der Waals surface area contributed by atoms with Gasteiger partial charge in [-0.05, 0) is 18.6 Å². The Kier molecular flexibility index (Phi) is 1.62. The molecule has 0 bridgehead atoms. The predicted molar refractivity (Wildman–Crippen MR) is 62.8 cm³/mol. The Bertz CT molecular complexity index is 603. The third-order valence-electron chi connectivity index (χ3n) is 3.43. The normalized spacial score (nSPS) is 19.9. The summed E-state index contributed by atoms with van der Waals surface area (Å²) in [6, 6.07) is 4.16. The first-order chi connectivity index (χ1) is 8.31. The van der Waals surface area contributed by atoms with Gasteiger partial charge in [-0.3, -0.25) is 0 Å². The van der Waals surface area contributed by atoms with Gasteiger partial charge < -0.3 is 14.6 Å². The molecule has 0 saturated carbocycles. The second kappa shape index (κ2) is 3.03. The Morgan fingerprint density at radius 1 is 1.41 bits per heavy atom. The fraction of sp³-hybridized carbons (Fsp3) is 0.308. The Hall–Kier alpha value is -1.97. The number of nitrogens with zero attached hydrogens (tertiary/aromatic N) is 1. The highest BCUT2D eigenvalue weighted by Gasteiger charge is 2.28. The molecule has 86 valence electrons. The Morgan fingerprint density at radius 2 is 2.35 bits per heavy atom. The van der Waals surface area contributed by atoms with E-state index in [0.717, 1.165) is 30.0 Å². The first-order valence-corrected chi connectivity index (χ1v) is 5.83. The molecule has 4 heteroatoms. The van der Waals surface area contributed by atoms with E-state index in [-0.39, 0.29) is 6.10 Å². The molecule has 2 aliphatic rings. The van der Waals surface area contributed by atoms with Crippen LogP contribution in [0.4, 0.5) is 11.4 Å². The molecule has 17 heavy (non-hydrogen) atoms. The second-order valence-corrected chi connectivity index (χ2v) is 4.67. The highest BCUT2D eigenvalue weighted by molar-refractivity contribution is 5.75. The van der Waals surface area contributed by atoms with Gasteiger partial charge in [-0.15, -0.1) is 0 Å². The fourth-order valence-electron chi connectivity index (χ4n) is 2.64. The number of rotatable bonds is 0. The van der Waals surface area contributed by atoms with Crippen molar-refractivity contribution in [1.82, 2.24) is 5.16 Å². The van der Waals surface area contributed by atoms with Gasteiger partial charge in [-0.1, -0.05) is 11.2 Å². The van der Waals surface area contributed by atoms with Crippen LogP contribution in [0.1, 0.15) is 23.8 Å². The highest BCUT2D eigenvalue weighted by atomic mass is 16.5. The summed E-state index contributed by atoms with van der Waals surface area (Å²) in [6.07, 6.45) is 3.77. The van der Waals surface area contributed by atoms with Crippen molar-refractivity contribution in [3.05, 3.63) is 35.2 Å². The van der Waals surface area contributed by atoms with Crippen LogP contribution in [0.3, 0.4) is 0 Å². The quantitative estimate of drug-likeness (QED) is 0.642. The van der Waals surface area contributed by atoms with Gasteiger partial charge in [0, 0.05) is 24.1 Å². The van der Waals surface area contributed by atoms with E-state index >= 15 is 0 Å². The molecular weight excluding hydrogens is 216 g/mol. The lowest BCUT2D eigenvalue weighted by Crippen LogP contribution is -2.08. The van der Waals surface area contributed by atoms with Crippen molar-refractivity contribution < 1.29 is 9.26 Å². The van der Waals surface area contributed by atoms with E-state index in [9.17, 15) is 0 Å². The zero-order valence-corrected chi connectivity index (χ0v) is 9.49. The molecule has 3 heterocycles. The van der Waals surface area contributed by atoms with Crippen LogP contribution in [-0.4, -0.2) is 11.3 Å². The molecule has 0 amide bonds. The molecular formula is C13H12N2O2. The van der Waals surface area contributed by atoms with Crippen LogP contribution in [-0.2, 0) is 12.8 Å². The number of hydrogen-bond acceptors (Lipinski definition) is 4. The average molecular weight is 228 g/mol. The molecule has 1 unspecified atom stereocenters. The van der Waals surface area contributed by atoms with Crippen LogP contribution >= 0.6 is 0 Å². The zero-order valence-electron chi connectivity index (χ0n) is 9.49. The minimum Gasteiger partial charge on any atom is -0.490 e. The van der Waals surface area contributed by atoms with Gasteiger partial charge >= 0.3 is 0 Å². The molecule has 1 aromatic carbocycles. The summed E-state index contributed by atoms with van der Waals surface area (Å²) in [4.78, 5) is 0. The zero-order chi connectivity index (χ0) is 11.4. The Balaban J connectivity index is 1.87. The van der Waals surface area contributed by atoms with E-state index in [1.165, 1.54) is 16.8 Å². The molecule has 0 saturated heterocycles. The lowest BCUT2D eigenvalue weighted by Gasteiger charge is -2.18. The van der Waals surface area contributed by atoms with Crippen molar-refractivity contribution in [2.45, 2.75) is 25.9 Å². The first kappa shape index (κ1) is 9.10. The topological polar surface area (TPSA) is 47.3 Å². The van der Waals surface area contributed by atoms with Crippen LogP contribution in [0.2, 0.25) is 0 Å². The smallest absolute Gasteiger partial charge is 0.164 e. The fourth-order valence-corrected chi connectivity index (χ4v) is 2.64. The maximum absolute atomic E-state index is 5.76. The monoisotopic (exact) mass is 228 g/mol. The molecule has 0 spiro atoms. The van der Waals surface area contributed by atoms with Gasteiger partial charge in [0.2, 0.25) is 0 Å². The minimum absolute atomic E-state index is 0.266. The molecule has 1 N–H and O–H groups in total. The summed E-state index contributed by atoms with van der Waals surface area (Å²) < 4.78 is 11.0. The molecule has 1 atom stereocenters. The number of fused-ring (bicyclic) bond motifs is 4. The lowest BCUT2D eigenvalue weighted by atomic mass is 9.97. The van der Waals surface area contributed by atoms with Crippen LogP contribution in [0.5, 0.6) is 5.75 Å². The second-order valence-electron chi connectivity index (χ2n) is 4.67. The van der Waals surface area contributed by atoms with Crippen LogP contribution in [0.25, 0.3) is 0 Å². The highest BCUT2D eigenvalue weighted by Crippen LogP contribution is 2.42. The van der Waals surface area contributed by atoms with E-state index in [0.29, 0.717) is 0 Å². The predicted octanol–water partition coefficient (Wildman–Crippen LogP) is 2.65. The summed E-state index contributed by atoms with van der Waals surface area (Å²) in [5.41, 5.74) is 4.69. The molecule has 0 fully saturated rings. The van der Waals surface area contributed by atoms with E-state index in [1.807, 2.05) is 0 Å². The molecule has 4 nitrogen and oxygen atoms in total. The van der Waals surface area contributed by atoms with Crippen molar-refractivity contribution in [2.24, 2.45) is 0 Å². The van der Waals surface area contributed by atoms with Gasteiger partial charge in [-0.2, -0.15) is 0 Å². The number of anilines is 2. The standard InChI is InChI=1S/C13H12N2O2/c1-7-4-9-11(16-7)3-2-8-5-12-10(6-14-17-12)15-13(8)9/h2-3,6-7,15H,4-5H2,1H3. The lowest BCUT2D eigenvalue weighted by molar-refractivity contribution is 0.254. The van der Waals surface area contributed by atoms with Crippen LogP contribution in [0, 0.1) is 0 Å². The molecule has 2 aromatic rings. The van der Waals surface area contributed by atoms with Crippen molar-refractivity contribution in [3.8, 4) is 5.75 Å².